The third-order valence-electron chi connectivity index (χ3n) is 4.74. The normalized spacial score (nSPS) is 10.9. The monoisotopic (exact) mass is 447 g/mol. The SMILES string of the molecule is CCOc1ccc2nc(N(CCCN(C)C)C(=O)c3ccc(C)cc3C)sc2c1.Cl. The van der Waals surface area contributed by atoms with Crippen LogP contribution in [0.2, 0.25) is 0 Å². The van der Waals surface area contributed by atoms with Crippen molar-refractivity contribution in [3.8, 4) is 5.75 Å². The summed E-state index contributed by atoms with van der Waals surface area (Å²) in [5.74, 6) is 0.834. The molecule has 0 saturated carbocycles. The summed E-state index contributed by atoms with van der Waals surface area (Å²) in [5.41, 5.74) is 3.77. The molecule has 1 aromatic heterocycles. The lowest BCUT2D eigenvalue weighted by molar-refractivity contribution is 0.0985. The van der Waals surface area contributed by atoms with E-state index in [9.17, 15) is 4.79 Å². The molecule has 0 bridgehead atoms. The maximum Gasteiger partial charge on any atom is 0.260 e. The fourth-order valence-corrected chi connectivity index (χ4v) is 4.31. The number of nitrogens with zero attached hydrogens (tertiary/aromatic N) is 3. The number of amides is 1. The van der Waals surface area contributed by atoms with Gasteiger partial charge in [-0.15, -0.1) is 12.4 Å². The molecular formula is C23H30ClN3O2S. The van der Waals surface area contributed by atoms with E-state index in [-0.39, 0.29) is 18.3 Å². The molecular weight excluding hydrogens is 418 g/mol. The van der Waals surface area contributed by atoms with Gasteiger partial charge in [0.05, 0.1) is 16.8 Å². The highest BCUT2D eigenvalue weighted by Gasteiger charge is 2.22. The molecule has 7 heteroatoms. The van der Waals surface area contributed by atoms with Gasteiger partial charge in [-0.05, 0) is 77.7 Å². The number of hydrogen-bond acceptors (Lipinski definition) is 5. The number of rotatable bonds is 8. The number of aromatic nitrogens is 1. The first-order valence-electron chi connectivity index (χ1n) is 9.96. The number of aryl methyl sites for hydroxylation is 2. The zero-order valence-corrected chi connectivity index (χ0v) is 19.9. The molecule has 1 amide bonds. The molecule has 1 heterocycles. The minimum absolute atomic E-state index is 0. The molecule has 5 nitrogen and oxygen atoms in total. The number of carbonyl (C=O) groups is 1. The molecule has 0 aliphatic rings. The van der Waals surface area contributed by atoms with Crippen molar-refractivity contribution in [2.45, 2.75) is 27.2 Å². The Morgan fingerprint density at radius 3 is 2.53 bits per heavy atom. The van der Waals surface area contributed by atoms with Gasteiger partial charge in [-0.3, -0.25) is 9.69 Å². The number of halogens is 1. The standard InChI is InChI=1S/C23H29N3O2S.ClH/c1-6-28-18-9-11-20-21(15-18)29-23(24-20)26(13-7-12-25(4)5)22(27)19-10-8-16(2)14-17(19)3;/h8-11,14-15H,6-7,12-13H2,1-5H3;1H. The third-order valence-corrected chi connectivity index (χ3v) is 5.78. The van der Waals surface area contributed by atoms with Gasteiger partial charge in [0.25, 0.3) is 5.91 Å². The first-order valence-corrected chi connectivity index (χ1v) is 10.8. The van der Waals surface area contributed by atoms with Crippen LogP contribution in [0.15, 0.2) is 36.4 Å². The van der Waals surface area contributed by atoms with Crippen LogP contribution >= 0.6 is 23.7 Å². The molecule has 0 unspecified atom stereocenters. The smallest absolute Gasteiger partial charge is 0.260 e. The summed E-state index contributed by atoms with van der Waals surface area (Å²) >= 11 is 1.54. The highest BCUT2D eigenvalue weighted by atomic mass is 35.5. The highest BCUT2D eigenvalue weighted by molar-refractivity contribution is 7.22. The average molecular weight is 448 g/mol. The van der Waals surface area contributed by atoms with Gasteiger partial charge in [0, 0.05) is 12.1 Å². The number of anilines is 1. The summed E-state index contributed by atoms with van der Waals surface area (Å²) in [6.07, 6.45) is 0.879. The quantitative estimate of drug-likeness (QED) is 0.468. The predicted molar refractivity (Wildman–Crippen MR) is 129 cm³/mol. The molecule has 3 rings (SSSR count). The Bertz CT molecular complexity index is 1000. The summed E-state index contributed by atoms with van der Waals surface area (Å²) in [6.45, 7) is 8.17. The summed E-state index contributed by atoms with van der Waals surface area (Å²) in [4.78, 5) is 22.2. The lowest BCUT2D eigenvalue weighted by Crippen LogP contribution is -2.33. The van der Waals surface area contributed by atoms with E-state index in [4.69, 9.17) is 9.72 Å². The predicted octanol–water partition coefficient (Wildman–Crippen LogP) is 5.33. The zero-order valence-electron chi connectivity index (χ0n) is 18.3. The Morgan fingerprint density at radius 2 is 1.87 bits per heavy atom. The van der Waals surface area contributed by atoms with E-state index in [1.807, 2.05) is 70.1 Å². The van der Waals surface area contributed by atoms with E-state index in [0.717, 1.165) is 50.8 Å². The largest absolute Gasteiger partial charge is 0.494 e. The second-order valence-corrected chi connectivity index (χ2v) is 8.50. The van der Waals surface area contributed by atoms with Crippen LogP contribution in [0.3, 0.4) is 0 Å². The Morgan fingerprint density at radius 1 is 1.10 bits per heavy atom. The summed E-state index contributed by atoms with van der Waals surface area (Å²) in [6, 6.07) is 11.9. The molecule has 0 fully saturated rings. The fourth-order valence-electron chi connectivity index (χ4n) is 3.29. The van der Waals surface area contributed by atoms with Crippen LogP contribution in [-0.2, 0) is 0 Å². The van der Waals surface area contributed by atoms with Crippen molar-refractivity contribution in [1.29, 1.82) is 0 Å². The number of benzene rings is 2. The minimum atomic E-state index is 0. The molecule has 30 heavy (non-hydrogen) atoms. The van der Waals surface area contributed by atoms with Gasteiger partial charge in [0.1, 0.15) is 5.75 Å². The van der Waals surface area contributed by atoms with Crippen molar-refractivity contribution in [2.24, 2.45) is 0 Å². The number of thiazole rings is 1. The highest BCUT2D eigenvalue weighted by Crippen LogP contribution is 2.32. The second kappa shape index (κ2) is 10.8. The second-order valence-electron chi connectivity index (χ2n) is 7.49. The molecule has 0 N–H and O–H groups in total. The Kier molecular flexibility index (Phi) is 8.65. The number of ether oxygens (including phenoxy) is 1. The minimum Gasteiger partial charge on any atom is -0.494 e. The van der Waals surface area contributed by atoms with Crippen molar-refractivity contribution in [3.05, 3.63) is 53.1 Å². The summed E-state index contributed by atoms with van der Waals surface area (Å²) in [5, 5.41) is 0.734. The Balaban J connectivity index is 0.00000320. The molecule has 0 radical (unpaired) electrons. The van der Waals surface area contributed by atoms with Crippen LogP contribution in [-0.4, -0.2) is 49.6 Å². The van der Waals surface area contributed by atoms with Crippen molar-refractivity contribution in [2.75, 3.05) is 38.7 Å². The fraction of sp³-hybridized carbons (Fsp3) is 0.391. The Labute approximate surface area is 189 Å². The number of fused-ring (bicyclic) bond motifs is 1. The van der Waals surface area contributed by atoms with Gasteiger partial charge in [-0.2, -0.15) is 0 Å². The van der Waals surface area contributed by atoms with Crippen LogP contribution in [0.5, 0.6) is 5.75 Å². The first kappa shape index (κ1) is 24.1. The molecule has 0 aliphatic carbocycles. The van der Waals surface area contributed by atoms with Crippen LogP contribution in [0.4, 0.5) is 5.13 Å². The van der Waals surface area contributed by atoms with Gasteiger partial charge >= 0.3 is 0 Å². The van der Waals surface area contributed by atoms with E-state index in [1.54, 1.807) is 0 Å². The maximum absolute atomic E-state index is 13.5. The average Bonchev–Trinajstić information content (AvgIpc) is 3.07. The van der Waals surface area contributed by atoms with Gasteiger partial charge < -0.3 is 9.64 Å². The lowest BCUT2D eigenvalue weighted by atomic mass is 10.0. The van der Waals surface area contributed by atoms with E-state index in [0.29, 0.717) is 13.2 Å². The van der Waals surface area contributed by atoms with E-state index in [1.165, 1.54) is 11.3 Å². The van der Waals surface area contributed by atoms with E-state index < -0.39 is 0 Å². The topological polar surface area (TPSA) is 45.7 Å². The van der Waals surface area contributed by atoms with Crippen molar-refractivity contribution >= 4 is 45.0 Å². The molecule has 162 valence electrons. The van der Waals surface area contributed by atoms with Crippen LogP contribution in [0.1, 0.15) is 34.8 Å². The lowest BCUT2D eigenvalue weighted by Gasteiger charge is -2.22. The van der Waals surface area contributed by atoms with Crippen LogP contribution < -0.4 is 9.64 Å². The summed E-state index contributed by atoms with van der Waals surface area (Å²) in [7, 11) is 4.09. The molecule has 0 atom stereocenters. The molecule has 0 aliphatic heterocycles. The van der Waals surface area contributed by atoms with Gasteiger partial charge in [0.2, 0.25) is 0 Å². The van der Waals surface area contributed by atoms with E-state index in [2.05, 4.69) is 11.0 Å². The zero-order chi connectivity index (χ0) is 21.0. The first-order chi connectivity index (χ1) is 13.9. The Hall–Kier alpha value is -2.15. The van der Waals surface area contributed by atoms with Gasteiger partial charge in [-0.1, -0.05) is 29.0 Å². The van der Waals surface area contributed by atoms with E-state index >= 15 is 0 Å². The van der Waals surface area contributed by atoms with Crippen LogP contribution in [0, 0.1) is 13.8 Å². The van der Waals surface area contributed by atoms with Crippen LogP contribution in [0.25, 0.3) is 10.2 Å². The van der Waals surface area contributed by atoms with Crippen molar-refractivity contribution < 1.29 is 9.53 Å². The molecule has 0 saturated heterocycles. The maximum atomic E-state index is 13.5. The third kappa shape index (κ3) is 5.72. The molecule has 3 aromatic rings. The van der Waals surface area contributed by atoms with Gasteiger partial charge in [-0.25, -0.2) is 4.98 Å². The number of carbonyl (C=O) groups excluding carboxylic acids is 1. The molecule has 2 aromatic carbocycles. The van der Waals surface area contributed by atoms with Gasteiger partial charge in [0.15, 0.2) is 5.13 Å². The molecule has 0 spiro atoms. The number of hydrogen-bond donors (Lipinski definition) is 0. The summed E-state index contributed by atoms with van der Waals surface area (Å²) < 4.78 is 6.64. The van der Waals surface area contributed by atoms with Crippen molar-refractivity contribution in [1.82, 2.24) is 9.88 Å². The van der Waals surface area contributed by atoms with Crippen molar-refractivity contribution in [3.63, 3.8) is 0 Å².